The molecule has 0 amide bonds. The first-order valence-corrected chi connectivity index (χ1v) is 7.09. The van der Waals surface area contributed by atoms with E-state index in [0.29, 0.717) is 20.5 Å². The van der Waals surface area contributed by atoms with Gasteiger partial charge in [-0.05, 0) is 56.7 Å². The van der Waals surface area contributed by atoms with Crippen LogP contribution in [-0.4, -0.2) is 9.97 Å². The zero-order valence-electron chi connectivity index (χ0n) is 8.22. The average molecular weight is 445 g/mol. The summed E-state index contributed by atoms with van der Waals surface area (Å²) in [5.74, 6) is 0.577. The summed E-state index contributed by atoms with van der Waals surface area (Å²) in [6.07, 6.45) is 1.38. The van der Waals surface area contributed by atoms with Crippen LogP contribution in [0.2, 0.25) is 10.2 Å². The minimum Gasteiger partial charge on any atom is -0.338 e. The number of hydrogen-bond donors (Lipinski definition) is 1. The average Bonchev–Trinajstić information content (AvgIpc) is 2.28. The van der Waals surface area contributed by atoms with Gasteiger partial charge in [0.15, 0.2) is 0 Å². The van der Waals surface area contributed by atoms with E-state index >= 15 is 0 Å². The molecule has 0 fully saturated rings. The van der Waals surface area contributed by atoms with Crippen LogP contribution >= 0.6 is 61.7 Å². The molecule has 1 heterocycles. The second-order valence-corrected chi connectivity index (χ2v) is 5.88. The van der Waals surface area contributed by atoms with Crippen LogP contribution < -0.4 is 5.32 Å². The maximum absolute atomic E-state index is 6.11. The van der Waals surface area contributed by atoms with Gasteiger partial charge in [-0.25, -0.2) is 9.97 Å². The Morgan fingerprint density at radius 2 is 2.00 bits per heavy atom. The SMILES string of the molecule is Clc1cc(I)ccc1Nc1ncnc(Cl)c1Br. The molecule has 1 aromatic carbocycles. The third-order valence-electron chi connectivity index (χ3n) is 1.93. The van der Waals surface area contributed by atoms with Crippen LogP contribution in [0.5, 0.6) is 0 Å². The van der Waals surface area contributed by atoms with Crippen LogP contribution in [-0.2, 0) is 0 Å². The number of halogens is 4. The third kappa shape index (κ3) is 3.21. The summed E-state index contributed by atoms with van der Waals surface area (Å²) in [6, 6.07) is 5.69. The van der Waals surface area contributed by atoms with Gasteiger partial charge in [0.25, 0.3) is 0 Å². The predicted molar refractivity (Wildman–Crippen MR) is 82.2 cm³/mol. The van der Waals surface area contributed by atoms with Crippen molar-refractivity contribution >= 4 is 73.2 Å². The van der Waals surface area contributed by atoms with E-state index in [-0.39, 0.29) is 0 Å². The van der Waals surface area contributed by atoms with Crippen molar-refractivity contribution in [1.29, 1.82) is 0 Å². The number of nitrogens with one attached hydrogen (secondary N) is 1. The molecule has 1 N–H and O–H groups in total. The first kappa shape index (κ1) is 13.3. The highest BCUT2D eigenvalue weighted by Crippen LogP contribution is 2.31. The highest BCUT2D eigenvalue weighted by Gasteiger charge is 2.08. The molecule has 0 atom stereocenters. The molecule has 0 unspecified atom stereocenters. The summed E-state index contributed by atoms with van der Waals surface area (Å²) in [5, 5.41) is 4.07. The molecule has 17 heavy (non-hydrogen) atoms. The quantitative estimate of drug-likeness (QED) is 0.529. The van der Waals surface area contributed by atoms with Gasteiger partial charge in [-0.3, -0.25) is 0 Å². The van der Waals surface area contributed by atoms with Gasteiger partial charge in [0.2, 0.25) is 0 Å². The topological polar surface area (TPSA) is 37.8 Å². The summed E-state index contributed by atoms with van der Waals surface area (Å²) >= 11 is 17.5. The van der Waals surface area contributed by atoms with Crippen molar-refractivity contribution in [1.82, 2.24) is 9.97 Å². The van der Waals surface area contributed by atoms with Gasteiger partial charge < -0.3 is 5.32 Å². The van der Waals surface area contributed by atoms with E-state index in [0.717, 1.165) is 9.26 Å². The second kappa shape index (κ2) is 5.69. The van der Waals surface area contributed by atoms with E-state index < -0.39 is 0 Å². The fourth-order valence-corrected chi connectivity index (χ4v) is 2.49. The minimum absolute atomic E-state index is 0.351. The Kier molecular flexibility index (Phi) is 4.46. The summed E-state index contributed by atoms with van der Waals surface area (Å²) in [6.45, 7) is 0. The molecular formula is C10H5BrCl2IN3. The van der Waals surface area contributed by atoms with Crippen LogP contribution in [0.25, 0.3) is 0 Å². The Bertz CT molecular complexity index is 565. The first-order chi connectivity index (χ1) is 8.08. The molecule has 1 aromatic heterocycles. The van der Waals surface area contributed by atoms with Crippen molar-refractivity contribution in [2.24, 2.45) is 0 Å². The lowest BCUT2D eigenvalue weighted by Crippen LogP contribution is -1.97. The minimum atomic E-state index is 0.351. The van der Waals surface area contributed by atoms with Crippen molar-refractivity contribution in [3.8, 4) is 0 Å². The van der Waals surface area contributed by atoms with Crippen molar-refractivity contribution in [2.75, 3.05) is 5.32 Å². The van der Waals surface area contributed by atoms with Gasteiger partial charge in [0.1, 0.15) is 17.3 Å². The van der Waals surface area contributed by atoms with Gasteiger partial charge in [0, 0.05) is 3.57 Å². The fraction of sp³-hybridized carbons (Fsp3) is 0. The van der Waals surface area contributed by atoms with Crippen molar-refractivity contribution < 1.29 is 0 Å². The Morgan fingerprint density at radius 3 is 2.71 bits per heavy atom. The van der Waals surface area contributed by atoms with Crippen molar-refractivity contribution in [3.63, 3.8) is 0 Å². The summed E-state index contributed by atoms with van der Waals surface area (Å²) in [4.78, 5) is 7.93. The maximum atomic E-state index is 6.11. The summed E-state index contributed by atoms with van der Waals surface area (Å²) in [7, 11) is 0. The van der Waals surface area contributed by atoms with Gasteiger partial charge in [0.05, 0.1) is 15.2 Å². The fourth-order valence-electron chi connectivity index (χ4n) is 1.15. The molecule has 0 saturated carbocycles. The standard InChI is InChI=1S/C10H5BrCl2IN3/c11-8-9(13)15-4-16-10(8)17-7-2-1-5(14)3-6(7)12/h1-4H,(H,15,16,17). The predicted octanol–water partition coefficient (Wildman–Crippen LogP) is 4.89. The molecule has 88 valence electrons. The van der Waals surface area contributed by atoms with Crippen LogP contribution in [0.15, 0.2) is 29.0 Å². The number of benzene rings is 1. The monoisotopic (exact) mass is 443 g/mol. The van der Waals surface area contributed by atoms with Gasteiger partial charge >= 0.3 is 0 Å². The van der Waals surface area contributed by atoms with Crippen LogP contribution in [0.3, 0.4) is 0 Å². The number of aromatic nitrogens is 2. The van der Waals surface area contributed by atoms with Crippen molar-refractivity contribution in [3.05, 3.63) is 42.7 Å². The molecule has 2 rings (SSSR count). The Hall–Kier alpha value is -0.110. The second-order valence-electron chi connectivity index (χ2n) is 3.08. The van der Waals surface area contributed by atoms with E-state index in [9.17, 15) is 0 Å². The molecule has 7 heteroatoms. The lowest BCUT2D eigenvalue weighted by Gasteiger charge is -2.09. The molecule has 0 aliphatic carbocycles. The number of nitrogens with zero attached hydrogens (tertiary/aromatic N) is 2. The van der Waals surface area contributed by atoms with E-state index in [1.807, 2.05) is 18.2 Å². The van der Waals surface area contributed by atoms with E-state index in [4.69, 9.17) is 23.2 Å². The van der Waals surface area contributed by atoms with Gasteiger partial charge in [-0.15, -0.1) is 0 Å². The zero-order chi connectivity index (χ0) is 12.4. The largest absolute Gasteiger partial charge is 0.338 e. The van der Waals surface area contributed by atoms with Crippen LogP contribution in [0, 0.1) is 3.57 Å². The van der Waals surface area contributed by atoms with Crippen LogP contribution in [0.1, 0.15) is 0 Å². The summed E-state index contributed by atoms with van der Waals surface area (Å²) < 4.78 is 1.68. The lowest BCUT2D eigenvalue weighted by atomic mass is 10.3. The van der Waals surface area contributed by atoms with E-state index in [1.165, 1.54) is 6.33 Å². The molecular weight excluding hydrogens is 440 g/mol. The molecule has 2 aromatic rings. The van der Waals surface area contributed by atoms with Gasteiger partial charge in [-0.2, -0.15) is 0 Å². The summed E-state index contributed by atoms with van der Waals surface area (Å²) in [5.41, 5.74) is 0.766. The lowest BCUT2D eigenvalue weighted by molar-refractivity contribution is 1.15. The molecule has 3 nitrogen and oxygen atoms in total. The Morgan fingerprint density at radius 1 is 1.24 bits per heavy atom. The van der Waals surface area contributed by atoms with E-state index in [2.05, 4.69) is 53.8 Å². The first-order valence-electron chi connectivity index (χ1n) is 4.46. The molecule has 0 aliphatic heterocycles. The third-order valence-corrected chi connectivity index (χ3v) is 4.18. The molecule has 0 spiro atoms. The van der Waals surface area contributed by atoms with E-state index in [1.54, 1.807) is 0 Å². The Balaban J connectivity index is 2.35. The van der Waals surface area contributed by atoms with Crippen molar-refractivity contribution in [2.45, 2.75) is 0 Å². The highest BCUT2D eigenvalue weighted by molar-refractivity contribution is 14.1. The normalized spacial score (nSPS) is 10.4. The zero-order valence-corrected chi connectivity index (χ0v) is 13.5. The maximum Gasteiger partial charge on any atom is 0.149 e. The number of anilines is 2. The number of hydrogen-bond acceptors (Lipinski definition) is 3. The molecule has 0 radical (unpaired) electrons. The van der Waals surface area contributed by atoms with Gasteiger partial charge in [-0.1, -0.05) is 23.2 Å². The number of rotatable bonds is 2. The highest BCUT2D eigenvalue weighted by atomic mass is 127. The molecule has 0 bridgehead atoms. The Labute approximate surface area is 130 Å². The molecule has 0 aliphatic rings. The molecule has 0 saturated heterocycles. The smallest absolute Gasteiger partial charge is 0.149 e. The van der Waals surface area contributed by atoms with Crippen LogP contribution in [0.4, 0.5) is 11.5 Å².